The normalized spacial score (nSPS) is 54.6. The SMILES string of the molecule is CC1OC(OC2C(CO)OC(OCC3OC(OC(=O)C45CCC(C)(C)CC4C4=CCC6C7(C)CCC(OC8OCC(O)C(O)C8OC8OC(C)C(O)C(OC9OC(CO)C(OC%10OC(CO)C(O)C(O)C%10O)C(O)C9O)C8O)C(C)(C)C7CCC6(C)C4(C)CC5)C(O)C(O)C3O)C(O)C2O)C(O)C(O)C1O. The summed E-state index contributed by atoms with van der Waals surface area (Å²) < 4.78 is 83.3. The van der Waals surface area contributed by atoms with E-state index in [-0.39, 0.29) is 40.6 Å². The second kappa shape index (κ2) is 31.6. The van der Waals surface area contributed by atoms with Crippen molar-refractivity contribution in [2.45, 2.75) is 341 Å². The molecule has 0 aromatic rings. The van der Waals surface area contributed by atoms with Crippen LogP contribution in [0, 0.1) is 50.2 Å². The highest BCUT2D eigenvalue weighted by Crippen LogP contribution is 2.76. The first-order valence-corrected chi connectivity index (χ1v) is 37.5. The molecule has 0 amide bonds. The average molecular weight is 1530 g/mol. The van der Waals surface area contributed by atoms with Gasteiger partial charge in [0.1, 0.15) is 153 Å². The van der Waals surface area contributed by atoms with Crippen molar-refractivity contribution < 1.29 is 173 Å². The van der Waals surface area contributed by atoms with Gasteiger partial charge in [0.25, 0.3) is 0 Å². The van der Waals surface area contributed by atoms with Crippen LogP contribution in [-0.4, -0.2) is 356 Å². The van der Waals surface area contributed by atoms with Gasteiger partial charge >= 0.3 is 5.97 Å². The Kier molecular flexibility index (Phi) is 24.8. The number of carbonyl (C=O) groups excluding carboxylic acids is 1. The van der Waals surface area contributed by atoms with Crippen molar-refractivity contribution in [3.63, 3.8) is 0 Å². The molecule has 11 fully saturated rings. The van der Waals surface area contributed by atoms with Gasteiger partial charge in [-0.1, -0.05) is 60.1 Å². The molecule has 7 heterocycles. The van der Waals surface area contributed by atoms with E-state index in [0.717, 1.165) is 12.8 Å². The molecule has 4 saturated carbocycles. The number of fused-ring (bicyclic) bond motifs is 7. The molecule has 0 bridgehead atoms. The molecule has 0 spiro atoms. The van der Waals surface area contributed by atoms with Crippen LogP contribution in [0.4, 0.5) is 0 Å². The highest BCUT2D eigenvalue weighted by Gasteiger charge is 2.71. The maximum absolute atomic E-state index is 15.4. The van der Waals surface area contributed by atoms with E-state index in [1.165, 1.54) is 19.4 Å². The van der Waals surface area contributed by atoms with E-state index < -0.39 is 264 Å². The number of esters is 1. The zero-order valence-electron chi connectivity index (χ0n) is 61.2. The number of aliphatic hydroxyl groups is 20. The Morgan fingerprint density at radius 1 is 0.443 bits per heavy atom. The fraction of sp³-hybridized carbons (Fsp3) is 0.958. The number of hydrogen-bond donors (Lipinski definition) is 20. The zero-order valence-corrected chi connectivity index (χ0v) is 61.2. The molecule has 0 radical (unpaired) electrons. The molecule has 12 aliphatic rings. The molecule has 610 valence electrons. The molecule has 7 saturated heterocycles. The molecule has 106 heavy (non-hydrogen) atoms. The molecule has 12 rings (SSSR count). The Morgan fingerprint density at radius 2 is 0.934 bits per heavy atom. The number of aliphatic hydroxyl groups excluding tert-OH is 20. The Labute approximate surface area is 613 Å². The van der Waals surface area contributed by atoms with E-state index in [1.54, 1.807) is 0 Å². The first kappa shape index (κ1) is 83.3. The van der Waals surface area contributed by atoms with Crippen LogP contribution >= 0.6 is 0 Å². The zero-order chi connectivity index (χ0) is 77.3. The minimum atomic E-state index is -2.05. The second-order valence-corrected chi connectivity index (χ2v) is 34.3. The molecule has 20 N–H and O–H groups in total. The summed E-state index contributed by atoms with van der Waals surface area (Å²) in [7, 11) is 0. The quantitative estimate of drug-likeness (QED) is 0.0345. The largest absolute Gasteiger partial charge is 0.432 e. The van der Waals surface area contributed by atoms with E-state index in [0.29, 0.717) is 51.4 Å². The van der Waals surface area contributed by atoms with Gasteiger partial charge in [0, 0.05) is 0 Å². The van der Waals surface area contributed by atoms with Crippen LogP contribution in [0.25, 0.3) is 0 Å². The summed E-state index contributed by atoms with van der Waals surface area (Å²) in [6.45, 7) is 15.0. The Balaban J connectivity index is 0.701. The van der Waals surface area contributed by atoms with E-state index in [2.05, 4.69) is 54.5 Å². The van der Waals surface area contributed by atoms with E-state index in [4.69, 9.17) is 66.3 Å². The Morgan fingerprint density at radius 3 is 1.55 bits per heavy atom. The molecule has 0 aromatic heterocycles. The standard InChI is InChI=1S/C71H116O35/c1-26-38(76)43(81)48(86)59(95-26)102-54-32(22-73)98-58(51(89)46(54)84)94-25-34-42(80)45(83)50(88)62(100-34)106-65(92)71-18-16-66(3,4)20-29(71)28-10-11-36-68(7)14-13-37(67(5,6)35(68)12-15-70(36,9)69(28,8)17-19-71)101-64-57(40(78)30(75)24-93-64)105-63-53(91)56(39(77)27(2)96-63)104-61-52(90)47(85)55(33(23-74)99-61)103-60-49(87)44(82)41(79)31(21-72)97-60/h10,26-27,29-64,72-91H,11-25H2,1-9H3. The molecule has 35 heteroatoms. The lowest BCUT2D eigenvalue weighted by Gasteiger charge is -2.71. The third-order valence-electron chi connectivity index (χ3n) is 27.3. The van der Waals surface area contributed by atoms with Gasteiger partial charge in [0.05, 0.1) is 56.8 Å². The summed E-state index contributed by atoms with van der Waals surface area (Å²) in [5.41, 5.74) is -1.72. The minimum Gasteiger partial charge on any atom is -0.432 e. The summed E-state index contributed by atoms with van der Waals surface area (Å²) in [6, 6.07) is 0. The molecular weight excluding hydrogens is 1410 g/mol. The van der Waals surface area contributed by atoms with Gasteiger partial charge in [0.15, 0.2) is 37.7 Å². The van der Waals surface area contributed by atoms with Gasteiger partial charge in [0.2, 0.25) is 6.29 Å². The average Bonchev–Trinajstić information content (AvgIpc) is 0.674. The lowest BCUT2D eigenvalue weighted by atomic mass is 9.33. The summed E-state index contributed by atoms with van der Waals surface area (Å²) in [5.74, 6) is -0.769. The third kappa shape index (κ3) is 14.6. The van der Waals surface area contributed by atoms with E-state index in [1.807, 2.05) is 0 Å². The third-order valence-corrected chi connectivity index (χ3v) is 27.3. The van der Waals surface area contributed by atoms with Crippen molar-refractivity contribution in [2.24, 2.45) is 50.2 Å². The van der Waals surface area contributed by atoms with Crippen LogP contribution in [0.5, 0.6) is 0 Å². The van der Waals surface area contributed by atoms with Crippen molar-refractivity contribution in [2.75, 3.05) is 33.0 Å². The van der Waals surface area contributed by atoms with Gasteiger partial charge in [-0.3, -0.25) is 4.79 Å². The highest BCUT2D eigenvalue weighted by atomic mass is 16.8. The first-order chi connectivity index (χ1) is 49.7. The van der Waals surface area contributed by atoms with Crippen LogP contribution in [0.2, 0.25) is 0 Å². The van der Waals surface area contributed by atoms with Crippen LogP contribution in [0.15, 0.2) is 11.6 Å². The van der Waals surface area contributed by atoms with E-state index >= 15 is 4.79 Å². The number of hydrogen-bond acceptors (Lipinski definition) is 35. The Hall–Kier alpha value is -2.11. The minimum absolute atomic E-state index is 0.0521. The monoisotopic (exact) mass is 1530 g/mol. The van der Waals surface area contributed by atoms with Crippen molar-refractivity contribution in [3.05, 3.63) is 11.6 Å². The summed E-state index contributed by atoms with van der Waals surface area (Å²) in [4.78, 5) is 15.4. The molecule has 42 unspecified atom stereocenters. The summed E-state index contributed by atoms with van der Waals surface area (Å²) in [5, 5.41) is 218. The first-order valence-electron chi connectivity index (χ1n) is 37.5. The van der Waals surface area contributed by atoms with Crippen LogP contribution in [-0.2, 0) is 71.1 Å². The molecule has 0 aromatic carbocycles. The van der Waals surface area contributed by atoms with Crippen molar-refractivity contribution in [1.29, 1.82) is 0 Å². The number of rotatable bonds is 18. The van der Waals surface area contributed by atoms with Gasteiger partial charge in [-0.25, -0.2) is 0 Å². The van der Waals surface area contributed by atoms with Crippen molar-refractivity contribution >= 4 is 5.97 Å². The second-order valence-electron chi connectivity index (χ2n) is 34.3. The molecule has 42 atom stereocenters. The van der Waals surface area contributed by atoms with Crippen molar-refractivity contribution in [1.82, 2.24) is 0 Å². The fourth-order valence-corrected chi connectivity index (χ4v) is 20.5. The predicted molar refractivity (Wildman–Crippen MR) is 352 cm³/mol. The maximum atomic E-state index is 15.4. The fourth-order valence-electron chi connectivity index (χ4n) is 20.5. The van der Waals surface area contributed by atoms with Gasteiger partial charge in [-0.15, -0.1) is 0 Å². The number of ether oxygens (including phenoxy) is 14. The number of carbonyl (C=O) groups is 1. The topological polar surface area (TPSA) is 551 Å². The van der Waals surface area contributed by atoms with Crippen LogP contribution in [0.3, 0.4) is 0 Å². The lowest BCUT2D eigenvalue weighted by Crippen LogP contribution is -2.67. The summed E-state index contributed by atoms with van der Waals surface area (Å²) in [6.07, 6.45) is -49.3. The Bertz CT molecular complexity index is 3000. The highest BCUT2D eigenvalue weighted by molar-refractivity contribution is 5.79. The maximum Gasteiger partial charge on any atom is 0.315 e. The molecular formula is C71H116O35. The van der Waals surface area contributed by atoms with Gasteiger partial charge in [-0.2, -0.15) is 0 Å². The van der Waals surface area contributed by atoms with Gasteiger partial charge in [-0.05, 0) is 123 Å². The molecule has 5 aliphatic carbocycles. The van der Waals surface area contributed by atoms with Crippen LogP contribution in [0.1, 0.15) is 127 Å². The molecule has 7 aliphatic heterocycles. The lowest BCUT2D eigenvalue weighted by molar-refractivity contribution is -0.390. The van der Waals surface area contributed by atoms with E-state index in [9.17, 15) is 102 Å². The van der Waals surface area contributed by atoms with Crippen molar-refractivity contribution in [3.8, 4) is 0 Å². The van der Waals surface area contributed by atoms with Gasteiger partial charge < -0.3 is 168 Å². The molecule has 35 nitrogen and oxygen atoms in total. The number of allylic oxidation sites excluding steroid dienone is 2. The summed E-state index contributed by atoms with van der Waals surface area (Å²) >= 11 is 0. The van der Waals surface area contributed by atoms with Crippen LogP contribution < -0.4 is 0 Å². The smallest absolute Gasteiger partial charge is 0.315 e. The predicted octanol–water partition coefficient (Wildman–Crippen LogP) is -5.87.